The summed E-state index contributed by atoms with van der Waals surface area (Å²) in [5.41, 5.74) is 0. The van der Waals surface area contributed by atoms with E-state index in [0.29, 0.717) is 0 Å². The average Bonchev–Trinajstić information content (AvgIpc) is 2.55. The molecule has 2 N–H and O–H groups in total. The molecule has 12 heavy (non-hydrogen) atoms. The zero-order valence-electron chi connectivity index (χ0n) is 6.87. The maximum Gasteiger partial charge on any atom is 0.320 e. The van der Waals surface area contributed by atoms with E-state index in [-0.39, 0.29) is 18.4 Å². The Balaban J connectivity index is 2.17. The number of nitrogens with zero attached hydrogens (tertiary/aromatic N) is 2. The molecule has 6 heteroatoms. The second-order valence-electron chi connectivity index (χ2n) is 2.73. The van der Waals surface area contributed by atoms with Crippen molar-refractivity contribution < 1.29 is 4.79 Å². The van der Waals surface area contributed by atoms with Crippen molar-refractivity contribution in [1.29, 1.82) is 0 Å². The Kier molecular flexibility index (Phi) is 1.64. The Bertz CT molecular complexity index is 254. The summed E-state index contributed by atoms with van der Waals surface area (Å²) in [5.74, 6) is 0. The summed E-state index contributed by atoms with van der Waals surface area (Å²) >= 11 is 1.55. The van der Waals surface area contributed by atoms with Crippen LogP contribution < -0.4 is 10.6 Å². The summed E-state index contributed by atoms with van der Waals surface area (Å²) in [5, 5.41) is 6.77. The molecule has 2 unspecified atom stereocenters. The van der Waals surface area contributed by atoms with Gasteiger partial charge in [0.1, 0.15) is 6.17 Å². The summed E-state index contributed by atoms with van der Waals surface area (Å²) in [7, 11) is 1.74. The van der Waals surface area contributed by atoms with Crippen LogP contribution in [0.25, 0.3) is 0 Å². The molecule has 2 aliphatic rings. The molecule has 66 valence electrons. The van der Waals surface area contributed by atoms with E-state index in [2.05, 4.69) is 15.6 Å². The number of carbonyl (C=O) groups excluding carboxylic acids is 1. The van der Waals surface area contributed by atoms with E-state index in [4.69, 9.17) is 0 Å². The van der Waals surface area contributed by atoms with Crippen molar-refractivity contribution in [3.05, 3.63) is 0 Å². The van der Waals surface area contributed by atoms with E-state index in [1.54, 1.807) is 23.7 Å². The zero-order chi connectivity index (χ0) is 8.72. The van der Waals surface area contributed by atoms with Crippen LogP contribution in [0.1, 0.15) is 0 Å². The Hall–Kier alpha value is -0.910. The first-order chi connectivity index (χ1) is 5.72. The summed E-state index contributed by atoms with van der Waals surface area (Å²) < 4.78 is 0. The molecule has 1 fully saturated rings. The molecule has 2 rings (SSSR count). The van der Waals surface area contributed by atoms with E-state index in [1.165, 1.54) is 0 Å². The molecule has 1 saturated heterocycles. The van der Waals surface area contributed by atoms with Crippen LogP contribution in [0.3, 0.4) is 0 Å². The fraction of sp³-hybridized carbons (Fsp3) is 0.667. The summed E-state index contributed by atoms with van der Waals surface area (Å²) in [6, 6.07) is -0.0681. The fourth-order valence-corrected chi connectivity index (χ4v) is 1.79. The fourth-order valence-electron chi connectivity index (χ4n) is 1.33. The first-order valence-corrected chi connectivity index (χ1v) is 4.86. The van der Waals surface area contributed by atoms with E-state index < -0.39 is 0 Å². The number of nitrogens with one attached hydrogen (secondary N) is 2. The molecule has 0 saturated carbocycles. The highest BCUT2D eigenvalue weighted by molar-refractivity contribution is 8.13. The lowest BCUT2D eigenvalue weighted by Gasteiger charge is -2.11. The molecule has 2 aliphatic heterocycles. The third kappa shape index (κ3) is 0.945. The van der Waals surface area contributed by atoms with Crippen molar-refractivity contribution >= 4 is 23.0 Å². The van der Waals surface area contributed by atoms with Gasteiger partial charge in [-0.2, -0.15) is 0 Å². The number of carbonyl (C=O) groups is 1. The third-order valence-corrected chi connectivity index (χ3v) is 2.63. The van der Waals surface area contributed by atoms with Gasteiger partial charge in [-0.05, 0) is 6.26 Å². The molecule has 2 amide bonds. The van der Waals surface area contributed by atoms with Gasteiger partial charge in [-0.15, -0.1) is 0 Å². The quantitative estimate of drug-likeness (QED) is 0.542. The van der Waals surface area contributed by atoms with E-state index >= 15 is 0 Å². The van der Waals surface area contributed by atoms with Crippen molar-refractivity contribution in [1.82, 2.24) is 15.5 Å². The molecule has 0 aromatic rings. The highest BCUT2D eigenvalue weighted by Crippen LogP contribution is 2.18. The second-order valence-corrected chi connectivity index (χ2v) is 3.53. The van der Waals surface area contributed by atoms with Gasteiger partial charge >= 0.3 is 6.03 Å². The van der Waals surface area contributed by atoms with Crippen molar-refractivity contribution in [2.75, 3.05) is 13.3 Å². The van der Waals surface area contributed by atoms with Gasteiger partial charge < -0.3 is 15.5 Å². The van der Waals surface area contributed by atoms with Gasteiger partial charge in [-0.25, -0.2) is 9.79 Å². The van der Waals surface area contributed by atoms with E-state index in [0.717, 1.165) is 5.17 Å². The predicted molar refractivity (Wildman–Crippen MR) is 48.0 cm³/mol. The SMILES string of the molecule is CSC1=NC2C(NC(=O)N2C)N1. The zero-order valence-corrected chi connectivity index (χ0v) is 7.68. The van der Waals surface area contributed by atoms with Gasteiger partial charge in [0.15, 0.2) is 11.3 Å². The number of aliphatic imine (C=N–C) groups is 1. The Labute approximate surface area is 74.6 Å². The molecule has 5 nitrogen and oxygen atoms in total. The molecule has 0 bridgehead atoms. The number of hydrogen-bond acceptors (Lipinski definition) is 4. The summed E-state index contributed by atoms with van der Waals surface area (Å²) in [6.07, 6.45) is 1.85. The topological polar surface area (TPSA) is 56.7 Å². The number of amides is 2. The molecule has 2 heterocycles. The van der Waals surface area contributed by atoms with Crippen LogP contribution in [0.2, 0.25) is 0 Å². The predicted octanol–water partition coefficient (Wildman–Crippen LogP) is -0.384. The summed E-state index contributed by atoms with van der Waals surface area (Å²) in [4.78, 5) is 17.0. The molecular formula is C6H10N4OS. The van der Waals surface area contributed by atoms with Gasteiger partial charge in [0.05, 0.1) is 0 Å². The molecule has 0 radical (unpaired) electrons. The first-order valence-electron chi connectivity index (χ1n) is 3.64. The standard InChI is InChI=1S/C6H10N4OS/c1-10-4-3(8-6(10)11)7-5(9-4)12-2/h3-4H,1-2H3,(H,7,9)(H,8,11). The molecular weight excluding hydrogens is 176 g/mol. The molecule has 2 atom stereocenters. The maximum absolute atomic E-state index is 11.1. The van der Waals surface area contributed by atoms with Gasteiger partial charge in [0.25, 0.3) is 0 Å². The highest BCUT2D eigenvalue weighted by atomic mass is 32.2. The molecule has 0 aromatic carbocycles. The third-order valence-electron chi connectivity index (χ3n) is 2.02. The van der Waals surface area contributed by atoms with Gasteiger partial charge in [-0.1, -0.05) is 11.8 Å². The van der Waals surface area contributed by atoms with E-state index in [9.17, 15) is 4.79 Å². The van der Waals surface area contributed by atoms with Crippen molar-refractivity contribution in [2.45, 2.75) is 12.3 Å². The minimum Gasteiger partial charge on any atom is -0.341 e. The van der Waals surface area contributed by atoms with Crippen LogP contribution >= 0.6 is 11.8 Å². The number of rotatable bonds is 0. The van der Waals surface area contributed by atoms with Crippen LogP contribution in [-0.4, -0.2) is 41.7 Å². The largest absolute Gasteiger partial charge is 0.341 e. The van der Waals surface area contributed by atoms with Crippen molar-refractivity contribution in [3.8, 4) is 0 Å². The van der Waals surface area contributed by atoms with Gasteiger partial charge in [0, 0.05) is 7.05 Å². The monoisotopic (exact) mass is 186 g/mol. The van der Waals surface area contributed by atoms with Crippen LogP contribution in [0, 0.1) is 0 Å². The Morgan fingerprint density at radius 1 is 1.58 bits per heavy atom. The number of fused-ring (bicyclic) bond motifs is 1. The molecule has 0 aromatic heterocycles. The van der Waals surface area contributed by atoms with Gasteiger partial charge in [-0.3, -0.25) is 0 Å². The van der Waals surface area contributed by atoms with E-state index in [1.807, 2.05) is 6.26 Å². The first kappa shape index (κ1) is 7.72. The lowest BCUT2D eigenvalue weighted by molar-refractivity contribution is 0.217. The number of amidine groups is 1. The van der Waals surface area contributed by atoms with Crippen LogP contribution in [0.5, 0.6) is 0 Å². The lowest BCUT2D eigenvalue weighted by atomic mass is 10.4. The molecule has 0 aliphatic carbocycles. The van der Waals surface area contributed by atoms with Gasteiger partial charge in [0.2, 0.25) is 0 Å². The number of thioether (sulfide) groups is 1. The Morgan fingerprint density at radius 2 is 2.33 bits per heavy atom. The van der Waals surface area contributed by atoms with Crippen molar-refractivity contribution in [3.63, 3.8) is 0 Å². The van der Waals surface area contributed by atoms with Crippen molar-refractivity contribution in [2.24, 2.45) is 4.99 Å². The Morgan fingerprint density at radius 3 is 2.92 bits per heavy atom. The second kappa shape index (κ2) is 2.55. The normalized spacial score (nSPS) is 32.7. The smallest absolute Gasteiger partial charge is 0.320 e. The van der Waals surface area contributed by atoms with Crippen LogP contribution in [0.4, 0.5) is 4.79 Å². The number of urea groups is 1. The minimum absolute atomic E-state index is 0.0371. The minimum atomic E-state index is -0.0695. The lowest BCUT2D eigenvalue weighted by Crippen LogP contribution is -2.41. The van der Waals surface area contributed by atoms with Crippen LogP contribution in [-0.2, 0) is 0 Å². The summed E-state index contributed by atoms with van der Waals surface area (Å²) in [6.45, 7) is 0. The number of likely N-dealkylation sites (N-methyl/N-ethyl adjacent to an activating group) is 1. The average molecular weight is 186 g/mol. The number of hydrogen-bond donors (Lipinski definition) is 2. The molecule has 0 spiro atoms. The maximum atomic E-state index is 11.1. The highest BCUT2D eigenvalue weighted by Gasteiger charge is 2.41. The van der Waals surface area contributed by atoms with Crippen LogP contribution in [0.15, 0.2) is 4.99 Å².